The fourth-order valence-corrected chi connectivity index (χ4v) is 3.82. The molecule has 0 saturated heterocycles. The molecule has 0 spiro atoms. The second-order valence-electron chi connectivity index (χ2n) is 7.37. The highest BCUT2D eigenvalue weighted by molar-refractivity contribution is 5.88. The highest BCUT2D eigenvalue weighted by Gasteiger charge is 2.15. The zero-order chi connectivity index (χ0) is 24.7. The van der Waals surface area contributed by atoms with Crippen molar-refractivity contribution in [1.82, 2.24) is 19.3 Å². The molecule has 0 aliphatic heterocycles. The zero-order valence-electron chi connectivity index (χ0n) is 20.6. The van der Waals surface area contributed by atoms with Crippen LogP contribution in [-0.2, 0) is 7.05 Å². The lowest BCUT2D eigenvalue weighted by molar-refractivity contribution is 0.328. The minimum absolute atomic E-state index is 0.173. The van der Waals surface area contributed by atoms with Gasteiger partial charge < -0.3 is 9.47 Å². The Balaban J connectivity index is 1.72. The minimum atomic E-state index is -2.57. The van der Waals surface area contributed by atoms with Gasteiger partial charge in [-0.05, 0) is 61.0 Å². The molecule has 0 bridgehead atoms. The standard InChI is InChI=1S/C25H22N4O3/c1-4-32-23-12-6-17-14-21(16-5-11-22-18(13-16)15-28(2)27-22)25(30)29(24(17)26-23)19-7-9-20(31-3)10-8-19/h5-15H,4H2,1-3H3/i3D3. The molecule has 2 aromatic carbocycles. The summed E-state index contributed by atoms with van der Waals surface area (Å²) in [4.78, 5) is 18.4. The summed E-state index contributed by atoms with van der Waals surface area (Å²) in [7, 11) is -0.715. The normalized spacial score (nSPS) is 13.0. The van der Waals surface area contributed by atoms with Gasteiger partial charge in [0.2, 0.25) is 5.88 Å². The van der Waals surface area contributed by atoms with Crippen LogP contribution in [0.25, 0.3) is 38.8 Å². The number of pyridine rings is 2. The Morgan fingerprint density at radius 3 is 2.66 bits per heavy atom. The number of hydrogen-bond donors (Lipinski definition) is 0. The highest BCUT2D eigenvalue weighted by Crippen LogP contribution is 2.27. The Morgan fingerprint density at radius 1 is 1.03 bits per heavy atom. The topological polar surface area (TPSA) is 71.2 Å². The van der Waals surface area contributed by atoms with Gasteiger partial charge in [0, 0.05) is 35.6 Å². The summed E-state index contributed by atoms with van der Waals surface area (Å²) in [6.45, 7) is 2.30. The van der Waals surface area contributed by atoms with Gasteiger partial charge >= 0.3 is 0 Å². The lowest BCUT2D eigenvalue weighted by Crippen LogP contribution is -2.21. The van der Waals surface area contributed by atoms with E-state index in [0.29, 0.717) is 29.4 Å². The van der Waals surface area contributed by atoms with Gasteiger partial charge in [0.25, 0.3) is 5.56 Å². The molecule has 7 nitrogen and oxygen atoms in total. The molecule has 0 aliphatic carbocycles. The molecule has 0 N–H and O–H groups in total. The molecule has 32 heavy (non-hydrogen) atoms. The van der Waals surface area contributed by atoms with Crippen LogP contribution in [0.15, 0.2) is 71.7 Å². The average Bonchev–Trinajstić information content (AvgIpc) is 3.18. The predicted octanol–water partition coefficient (Wildman–Crippen LogP) is 4.35. The maximum atomic E-state index is 13.8. The van der Waals surface area contributed by atoms with Crippen molar-refractivity contribution in [3.8, 4) is 28.4 Å². The van der Waals surface area contributed by atoms with Gasteiger partial charge in [0.15, 0.2) is 5.65 Å². The molecule has 5 rings (SSSR count). The number of hydrogen-bond acceptors (Lipinski definition) is 5. The van der Waals surface area contributed by atoms with E-state index in [1.807, 2.05) is 50.5 Å². The first-order valence-electron chi connectivity index (χ1n) is 11.6. The Morgan fingerprint density at radius 2 is 1.88 bits per heavy atom. The largest absolute Gasteiger partial charge is 0.497 e. The number of aryl methyl sites for hydroxylation is 1. The molecule has 0 atom stereocenters. The van der Waals surface area contributed by atoms with Gasteiger partial charge in [-0.2, -0.15) is 10.1 Å². The third kappa shape index (κ3) is 3.37. The summed E-state index contributed by atoms with van der Waals surface area (Å²) in [6, 6.07) is 17.4. The Hall–Kier alpha value is -4.13. The van der Waals surface area contributed by atoms with Gasteiger partial charge in [0.05, 0.1) is 29.0 Å². The van der Waals surface area contributed by atoms with Crippen LogP contribution in [-0.4, -0.2) is 33.0 Å². The Labute approximate surface area is 188 Å². The summed E-state index contributed by atoms with van der Waals surface area (Å²) in [5.41, 5.74) is 2.76. The fraction of sp³-hybridized carbons (Fsp3) is 0.160. The van der Waals surface area contributed by atoms with Crippen LogP contribution in [0.2, 0.25) is 0 Å². The fourth-order valence-electron chi connectivity index (χ4n) is 3.82. The molecule has 0 amide bonds. The summed E-state index contributed by atoms with van der Waals surface area (Å²) in [5.74, 6) is 0.576. The van der Waals surface area contributed by atoms with Crippen molar-refractivity contribution in [2.45, 2.75) is 6.92 Å². The molecule has 0 aliphatic rings. The number of benzene rings is 2. The van der Waals surface area contributed by atoms with Crippen molar-refractivity contribution in [1.29, 1.82) is 0 Å². The Kier molecular flexibility index (Phi) is 4.06. The molecule has 5 aromatic rings. The van der Waals surface area contributed by atoms with E-state index < -0.39 is 7.04 Å². The lowest BCUT2D eigenvalue weighted by Gasteiger charge is -2.14. The smallest absolute Gasteiger partial charge is 0.264 e. The second-order valence-corrected chi connectivity index (χ2v) is 7.37. The third-order valence-electron chi connectivity index (χ3n) is 5.26. The molecule has 3 aromatic heterocycles. The van der Waals surface area contributed by atoms with E-state index >= 15 is 0 Å². The van der Waals surface area contributed by atoms with Crippen LogP contribution < -0.4 is 15.0 Å². The van der Waals surface area contributed by atoms with Crippen LogP contribution in [0.3, 0.4) is 0 Å². The van der Waals surface area contributed by atoms with Crippen molar-refractivity contribution >= 4 is 21.9 Å². The maximum Gasteiger partial charge on any atom is 0.264 e. The van der Waals surface area contributed by atoms with E-state index in [2.05, 4.69) is 10.1 Å². The van der Waals surface area contributed by atoms with Gasteiger partial charge in [0.1, 0.15) is 5.75 Å². The molecule has 7 heteroatoms. The molecule has 0 fully saturated rings. The number of nitrogens with zero attached hydrogens (tertiary/aromatic N) is 4. The first-order valence-corrected chi connectivity index (χ1v) is 10.1. The number of fused-ring (bicyclic) bond motifs is 2. The predicted molar refractivity (Wildman–Crippen MR) is 125 cm³/mol. The van der Waals surface area contributed by atoms with E-state index in [-0.39, 0.29) is 11.3 Å². The van der Waals surface area contributed by atoms with E-state index in [9.17, 15) is 4.79 Å². The maximum absolute atomic E-state index is 13.8. The average molecular weight is 429 g/mol. The van der Waals surface area contributed by atoms with Gasteiger partial charge in [-0.25, -0.2) is 0 Å². The van der Waals surface area contributed by atoms with Crippen LogP contribution >= 0.6 is 0 Å². The van der Waals surface area contributed by atoms with Gasteiger partial charge in [-0.15, -0.1) is 0 Å². The minimum Gasteiger partial charge on any atom is -0.497 e. The molecular formula is C25H22N4O3. The van der Waals surface area contributed by atoms with Crippen LogP contribution in [0.1, 0.15) is 11.0 Å². The molecular weight excluding hydrogens is 404 g/mol. The summed E-state index contributed by atoms with van der Waals surface area (Å²) < 4.78 is 35.7. The summed E-state index contributed by atoms with van der Waals surface area (Å²) in [5, 5.41) is 6.07. The third-order valence-corrected chi connectivity index (χ3v) is 5.26. The van der Waals surface area contributed by atoms with Crippen molar-refractivity contribution in [3.63, 3.8) is 0 Å². The first-order chi connectivity index (χ1) is 16.7. The monoisotopic (exact) mass is 429 g/mol. The molecule has 3 heterocycles. The molecule has 0 unspecified atom stereocenters. The highest BCUT2D eigenvalue weighted by atomic mass is 16.5. The summed E-state index contributed by atoms with van der Waals surface area (Å²) >= 11 is 0. The van der Waals surface area contributed by atoms with E-state index in [1.165, 1.54) is 16.7 Å². The van der Waals surface area contributed by atoms with Crippen molar-refractivity contribution < 1.29 is 13.6 Å². The second kappa shape index (κ2) is 7.85. The quantitative estimate of drug-likeness (QED) is 0.415. The van der Waals surface area contributed by atoms with Crippen molar-refractivity contribution in [3.05, 3.63) is 77.2 Å². The van der Waals surface area contributed by atoms with Crippen molar-refractivity contribution in [2.75, 3.05) is 13.6 Å². The van der Waals surface area contributed by atoms with E-state index in [0.717, 1.165) is 21.9 Å². The molecule has 0 saturated carbocycles. The van der Waals surface area contributed by atoms with Crippen LogP contribution in [0, 0.1) is 0 Å². The molecule has 160 valence electrons. The first kappa shape index (κ1) is 16.5. The molecule has 0 radical (unpaired) electrons. The van der Waals surface area contributed by atoms with Crippen molar-refractivity contribution in [2.24, 2.45) is 7.05 Å². The van der Waals surface area contributed by atoms with Gasteiger partial charge in [-0.3, -0.25) is 14.0 Å². The van der Waals surface area contributed by atoms with E-state index in [4.69, 9.17) is 13.6 Å². The van der Waals surface area contributed by atoms with Crippen LogP contribution in [0.4, 0.5) is 0 Å². The van der Waals surface area contributed by atoms with Crippen LogP contribution in [0.5, 0.6) is 11.6 Å². The number of ether oxygens (including phenoxy) is 2. The van der Waals surface area contributed by atoms with E-state index in [1.54, 1.807) is 22.9 Å². The number of methoxy groups -OCH3 is 1. The number of rotatable bonds is 5. The lowest BCUT2D eigenvalue weighted by atomic mass is 10.0. The zero-order valence-corrected chi connectivity index (χ0v) is 17.6. The summed E-state index contributed by atoms with van der Waals surface area (Å²) in [6.07, 6.45) is 1.90. The number of aromatic nitrogens is 4. The van der Waals surface area contributed by atoms with Gasteiger partial charge in [-0.1, -0.05) is 6.07 Å². The SMILES string of the molecule is [2H]C([2H])([2H])Oc1ccc(-n2c(=O)c(-c3ccc4nn(C)cc4c3)cc3ccc(OCC)nc32)cc1. The Bertz CT molecular complexity index is 1610.